The molecule has 1 aromatic rings. The molecule has 0 amide bonds. The zero-order chi connectivity index (χ0) is 14.8. The number of anilines is 1. The maximum Gasteiger partial charge on any atom is 0.186 e. The van der Waals surface area contributed by atoms with Crippen molar-refractivity contribution in [2.45, 2.75) is 25.3 Å². The van der Waals surface area contributed by atoms with Crippen LogP contribution in [0.5, 0.6) is 0 Å². The number of hydrogen-bond donors (Lipinski definition) is 1. The van der Waals surface area contributed by atoms with Crippen molar-refractivity contribution in [2.75, 3.05) is 35.8 Å². The summed E-state index contributed by atoms with van der Waals surface area (Å²) in [5.74, 6) is 1.57. The van der Waals surface area contributed by atoms with E-state index in [4.69, 9.17) is 0 Å². The Kier molecular flexibility index (Phi) is 5.33. The largest absolute Gasteiger partial charge is 0.330 e. The fraction of sp³-hybridized carbons (Fsp3) is 0.750. The molecule has 0 bridgehead atoms. The number of nitrogens with one attached hydrogen (secondary N) is 1. The molecule has 2 unspecified atom stereocenters. The van der Waals surface area contributed by atoms with Crippen molar-refractivity contribution >= 4 is 38.1 Å². The van der Waals surface area contributed by atoms with Gasteiger partial charge in [-0.15, -0.1) is 11.3 Å². The van der Waals surface area contributed by atoms with Crippen molar-refractivity contribution in [1.82, 2.24) is 10.3 Å². The van der Waals surface area contributed by atoms with Crippen LogP contribution in [0.3, 0.4) is 0 Å². The molecular weight excluding hydrogens is 314 g/mol. The standard InChI is InChI=1S/C12H21N3O2S3/c1-4-13-9(2)10-7-19-12(14-10)15-5-6-18-8-11(15)20(3,16)17/h7,9,11,13H,4-6,8H2,1-3H3. The van der Waals surface area contributed by atoms with E-state index in [0.29, 0.717) is 5.75 Å². The molecule has 2 rings (SSSR count). The van der Waals surface area contributed by atoms with E-state index in [1.54, 1.807) is 11.8 Å². The van der Waals surface area contributed by atoms with Crippen molar-refractivity contribution in [2.24, 2.45) is 0 Å². The summed E-state index contributed by atoms with van der Waals surface area (Å²) in [6.07, 6.45) is 1.31. The van der Waals surface area contributed by atoms with Gasteiger partial charge in [-0.2, -0.15) is 11.8 Å². The second-order valence-corrected chi connectivity index (χ2v) is 9.08. The minimum Gasteiger partial charge on any atom is -0.330 e. The predicted molar refractivity (Wildman–Crippen MR) is 87.5 cm³/mol. The van der Waals surface area contributed by atoms with Crippen molar-refractivity contribution in [3.05, 3.63) is 11.1 Å². The van der Waals surface area contributed by atoms with Gasteiger partial charge < -0.3 is 10.2 Å². The Morgan fingerprint density at radius 2 is 2.35 bits per heavy atom. The summed E-state index contributed by atoms with van der Waals surface area (Å²) in [7, 11) is -3.09. The molecule has 0 radical (unpaired) electrons. The van der Waals surface area contributed by atoms with E-state index in [0.717, 1.165) is 29.7 Å². The summed E-state index contributed by atoms with van der Waals surface area (Å²) in [6, 6.07) is 0.195. The number of thiazole rings is 1. The van der Waals surface area contributed by atoms with Gasteiger partial charge >= 0.3 is 0 Å². The lowest BCUT2D eigenvalue weighted by atomic mass is 10.3. The molecule has 1 aliphatic heterocycles. The van der Waals surface area contributed by atoms with E-state index in [1.165, 1.54) is 17.6 Å². The van der Waals surface area contributed by atoms with Crippen LogP contribution in [0.4, 0.5) is 5.13 Å². The Labute approximate surface area is 129 Å². The van der Waals surface area contributed by atoms with Crippen molar-refractivity contribution in [1.29, 1.82) is 0 Å². The molecule has 0 spiro atoms. The van der Waals surface area contributed by atoms with Crippen LogP contribution < -0.4 is 10.2 Å². The molecule has 0 aromatic carbocycles. The predicted octanol–water partition coefficient (Wildman–Crippen LogP) is 1.74. The Hall–Kier alpha value is -0.310. The maximum absolute atomic E-state index is 11.9. The Bertz CT molecular complexity index is 544. The number of hydrogen-bond acceptors (Lipinski definition) is 7. The molecule has 2 heterocycles. The highest BCUT2D eigenvalue weighted by Crippen LogP contribution is 2.30. The smallest absolute Gasteiger partial charge is 0.186 e. The molecule has 20 heavy (non-hydrogen) atoms. The number of nitrogens with zero attached hydrogens (tertiary/aromatic N) is 2. The highest BCUT2D eigenvalue weighted by Gasteiger charge is 2.32. The van der Waals surface area contributed by atoms with Gasteiger partial charge in [0.25, 0.3) is 0 Å². The van der Waals surface area contributed by atoms with Crippen LogP contribution in [-0.2, 0) is 9.84 Å². The van der Waals surface area contributed by atoms with Crippen LogP contribution in [0.25, 0.3) is 0 Å². The molecule has 1 N–H and O–H groups in total. The van der Waals surface area contributed by atoms with E-state index in [1.807, 2.05) is 10.3 Å². The monoisotopic (exact) mass is 335 g/mol. The summed E-state index contributed by atoms with van der Waals surface area (Å²) in [6.45, 7) is 5.76. The Balaban J connectivity index is 2.21. The second-order valence-electron chi connectivity index (χ2n) is 4.89. The molecule has 1 aromatic heterocycles. The quantitative estimate of drug-likeness (QED) is 0.884. The first-order chi connectivity index (χ1) is 9.43. The van der Waals surface area contributed by atoms with E-state index in [-0.39, 0.29) is 6.04 Å². The molecule has 1 saturated heterocycles. The number of sulfone groups is 1. The average molecular weight is 336 g/mol. The fourth-order valence-corrected chi connectivity index (χ4v) is 6.05. The van der Waals surface area contributed by atoms with Crippen LogP contribution >= 0.6 is 23.1 Å². The van der Waals surface area contributed by atoms with Crippen molar-refractivity contribution in [3.8, 4) is 0 Å². The van der Waals surface area contributed by atoms with Crippen LogP contribution in [0.15, 0.2) is 5.38 Å². The second kappa shape index (κ2) is 6.64. The number of thioether (sulfide) groups is 1. The third-order valence-corrected chi connectivity index (χ3v) is 6.83. The zero-order valence-electron chi connectivity index (χ0n) is 12.0. The lowest BCUT2D eigenvalue weighted by Crippen LogP contribution is -2.47. The summed E-state index contributed by atoms with van der Waals surface area (Å²) in [5, 5.41) is 5.71. The molecule has 5 nitrogen and oxygen atoms in total. The maximum atomic E-state index is 11.9. The third kappa shape index (κ3) is 3.66. The fourth-order valence-electron chi connectivity index (χ4n) is 2.17. The van der Waals surface area contributed by atoms with Gasteiger partial charge in [0.2, 0.25) is 0 Å². The molecule has 1 aliphatic rings. The zero-order valence-corrected chi connectivity index (χ0v) is 14.4. The summed E-state index contributed by atoms with van der Waals surface area (Å²) < 4.78 is 23.8. The first-order valence-electron chi connectivity index (χ1n) is 6.65. The average Bonchev–Trinajstić information content (AvgIpc) is 2.87. The first kappa shape index (κ1) is 16.1. The lowest BCUT2D eigenvalue weighted by Gasteiger charge is -2.33. The van der Waals surface area contributed by atoms with Gasteiger partial charge in [0, 0.05) is 35.7 Å². The van der Waals surface area contributed by atoms with Gasteiger partial charge in [-0.05, 0) is 13.5 Å². The topological polar surface area (TPSA) is 62.3 Å². The lowest BCUT2D eigenvalue weighted by molar-refractivity contribution is 0.580. The summed E-state index contributed by atoms with van der Waals surface area (Å²) in [5.41, 5.74) is 0.984. The minimum atomic E-state index is -3.09. The highest BCUT2D eigenvalue weighted by atomic mass is 32.2. The van der Waals surface area contributed by atoms with Crippen molar-refractivity contribution in [3.63, 3.8) is 0 Å². The van der Waals surface area contributed by atoms with E-state index in [2.05, 4.69) is 24.1 Å². The van der Waals surface area contributed by atoms with E-state index >= 15 is 0 Å². The first-order valence-corrected chi connectivity index (χ1v) is 10.6. The molecule has 0 saturated carbocycles. The number of aromatic nitrogens is 1. The highest BCUT2D eigenvalue weighted by molar-refractivity contribution is 8.01. The minimum absolute atomic E-state index is 0.195. The number of rotatable bonds is 5. The SMILES string of the molecule is CCNC(C)c1csc(N2CCSCC2S(C)(=O)=O)n1. The molecule has 1 fully saturated rings. The molecule has 114 valence electrons. The van der Waals surface area contributed by atoms with Crippen LogP contribution in [0.2, 0.25) is 0 Å². The molecule has 8 heteroatoms. The Morgan fingerprint density at radius 3 is 3.00 bits per heavy atom. The van der Waals surface area contributed by atoms with E-state index < -0.39 is 15.2 Å². The van der Waals surface area contributed by atoms with Gasteiger partial charge in [0.05, 0.1) is 5.69 Å². The molecular formula is C12H21N3O2S3. The van der Waals surface area contributed by atoms with Gasteiger partial charge in [-0.3, -0.25) is 0 Å². The van der Waals surface area contributed by atoms with Gasteiger partial charge in [-0.1, -0.05) is 6.92 Å². The summed E-state index contributed by atoms with van der Waals surface area (Å²) >= 11 is 3.22. The van der Waals surface area contributed by atoms with Crippen LogP contribution in [-0.4, -0.2) is 49.6 Å². The molecule has 2 atom stereocenters. The van der Waals surface area contributed by atoms with Crippen LogP contribution in [0, 0.1) is 0 Å². The van der Waals surface area contributed by atoms with Crippen molar-refractivity contribution < 1.29 is 8.42 Å². The van der Waals surface area contributed by atoms with E-state index in [9.17, 15) is 8.42 Å². The third-order valence-electron chi connectivity index (χ3n) is 3.29. The van der Waals surface area contributed by atoms with Gasteiger partial charge in [0.15, 0.2) is 15.0 Å². The Morgan fingerprint density at radius 1 is 1.60 bits per heavy atom. The normalized spacial score (nSPS) is 21.9. The van der Waals surface area contributed by atoms with Gasteiger partial charge in [-0.25, -0.2) is 13.4 Å². The summed E-state index contributed by atoms with van der Waals surface area (Å²) in [4.78, 5) is 6.57. The van der Waals surface area contributed by atoms with Gasteiger partial charge in [0.1, 0.15) is 5.37 Å². The van der Waals surface area contributed by atoms with Crippen LogP contribution in [0.1, 0.15) is 25.6 Å². The molecule has 0 aliphatic carbocycles.